The summed E-state index contributed by atoms with van der Waals surface area (Å²) in [5, 5.41) is 3.05. The van der Waals surface area contributed by atoms with Crippen LogP contribution in [0.15, 0.2) is 71.6 Å². The van der Waals surface area contributed by atoms with E-state index < -0.39 is 28.5 Å². The van der Waals surface area contributed by atoms with Crippen LogP contribution in [0.1, 0.15) is 31.9 Å². The molecule has 1 atom stereocenters. The number of benzene rings is 3. The molecule has 2 amide bonds. The largest absolute Gasteiger partial charge is 0.497 e. The van der Waals surface area contributed by atoms with Crippen molar-refractivity contribution in [2.24, 2.45) is 5.92 Å². The van der Waals surface area contributed by atoms with Gasteiger partial charge in [0.15, 0.2) is 0 Å². The van der Waals surface area contributed by atoms with E-state index in [1.165, 1.54) is 49.5 Å². The van der Waals surface area contributed by atoms with E-state index in [0.29, 0.717) is 23.6 Å². The number of anilines is 1. The second-order valence-electron chi connectivity index (χ2n) is 10.3. The number of methoxy groups -OCH3 is 2. The standard InChI is InChI=1S/C31H38ClN3O6S/c1-21(2)18-33-31(37)23(4)34(19-24-8-7-9-26(16-24)40-5)30(36)20-35(25-12-15-29(41-6)28(32)17-25)42(38,39)27-13-10-22(3)11-14-27/h7-17,21,23H,18-20H2,1-6H3,(H,33,37)/t23-/m0/s1. The van der Waals surface area contributed by atoms with Crippen LogP contribution in [0.2, 0.25) is 5.02 Å². The van der Waals surface area contributed by atoms with Crippen molar-refractivity contribution >= 4 is 39.1 Å². The third-order valence-corrected chi connectivity index (χ3v) is 8.73. The van der Waals surface area contributed by atoms with Crippen LogP contribution >= 0.6 is 11.6 Å². The summed E-state index contributed by atoms with van der Waals surface area (Å²) in [6.45, 7) is 7.32. The Bertz CT molecular complexity index is 1490. The first-order valence-corrected chi connectivity index (χ1v) is 15.3. The molecule has 226 valence electrons. The van der Waals surface area contributed by atoms with Gasteiger partial charge in [0.2, 0.25) is 11.8 Å². The van der Waals surface area contributed by atoms with Gasteiger partial charge in [-0.25, -0.2) is 8.42 Å². The smallest absolute Gasteiger partial charge is 0.264 e. The first-order valence-electron chi connectivity index (χ1n) is 13.5. The Morgan fingerprint density at radius 3 is 2.24 bits per heavy atom. The average Bonchev–Trinajstić information content (AvgIpc) is 2.97. The summed E-state index contributed by atoms with van der Waals surface area (Å²) in [5.41, 5.74) is 1.77. The molecule has 0 fully saturated rings. The molecule has 0 radical (unpaired) electrons. The second-order valence-corrected chi connectivity index (χ2v) is 12.6. The summed E-state index contributed by atoms with van der Waals surface area (Å²) >= 11 is 6.37. The zero-order valence-corrected chi connectivity index (χ0v) is 26.3. The Balaban J connectivity index is 2.06. The highest BCUT2D eigenvalue weighted by molar-refractivity contribution is 7.92. The van der Waals surface area contributed by atoms with Gasteiger partial charge in [0.05, 0.1) is 29.8 Å². The average molecular weight is 616 g/mol. The Labute approximate surface area is 253 Å². The van der Waals surface area contributed by atoms with Gasteiger partial charge in [0, 0.05) is 13.1 Å². The molecule has 3 aromatic rings. The van der Waals surface area contributed by atoms with E-state index in [1.807, 2.05) is 26.8 Å². The molecule has 0 spiro atoms. The number of rotatable bonds is 13. The molecule has 0 aliphatic rings. The fourth-order valence-corrected chi connectivity index (χ4v) is 5.84. The molecule has 3 rings (SSSR count). The van der Waals surface area contributed by atoms with Crippen LogP contribution in [-0.4, -0.2) is 58.5 Å². The van der Waals surface area contributed by atoms with Gasteiger partial charge in [0.25, 0.3) is 10.0 Å². The highest BCUT2D eigenvalue weighted by atomic mass is 35.5. The fourth-order valence-electron chi connectivity index (χ4n) is 4.18. The topological polar surface area (TPSA) is 105 Å². The van der Waals surface area contributed by atoms with Gasteiger partial charge in [-0.05, 0) is 67.8 Å². The van der Waals surface area contributed by atoms with Crippen LogP contribution in [0, 0.1) is 12.8 Å². The lowest BCUT2D eigenvalue weighted by atomic mass is 10.1. The van der Waals surface area contributed by atoms with Crippen molar-refractivity contribution in [1.29, 1.82) is 0 Å². The molecule has 9 nitrogen and oxygen atoms in total. The molecule has 1 N–H and O–H groups in total. The Morgan fingerprint density at radius 2 is 1.64 bits per heavy atom. The van der Waals surface area contributed by atoms with Crippen LogP contribution in [0.4, 0.5) is 5.69 Å². The third kappa shape index (κ3) is 8.17. The molecular weight excluding hydrogens is 578 g/mol. The van der Waals surface area contributed by atoms with Crippen LogP contribution in [0.5, 0.6) is 11.5 Å². The zero-order chi connectivity index (χ0) is 31.0. The molecule has 0 bridgehead atoms. The number of carbonyl (C=O) groups excluding carboxylic acids is 2. The molecule has 0 aliphatic carbocycles. The van der Waals surface area contributed by atoms with Crippen molar-refractivity contribution < 1.29 is 27.5 Å². The van der Waals surface area contributed by atoms with Gasteiger partial charge < -0.3 is 19.7 Å². The molecule has 11 heteroatoms. The SMILES string of the molecule is COc1cccc(CN(C(=O)CN(c2ccc(OC)c(Cl)c2)S(=O)(=O)c2ccc(C)cc2)[C@@H](C)C(=O)NCC(C)C)c1. The van der Waals surface area contributed by atoms with Crippen LogP contribution in [0.3, 0.4) is 0 Å². The van der Waals surface area contributed by atoms with Crippen molar-refractivity contribution in [2.75, 3.05) is 31.6 Å². The fraction of sp³-hybridized carbons (Fsp3) is 0.355. The van der Waals surface area contributed by atoms with Crippen molar-refractivity contribution in [3.63, 3.8) is 0 Å². The maximum absolute atomic E-state index is 14.1. The van der Waals surface area contributed by atoms with Crippen molar-refractivity contribution in [3.8, 4) is 11.5 Å². The molecule has 3 aromatic carbocycles. The molecule has 0 unspecified atom stereocenters. The van der Waals surface area contributed by atoms with Crippen LogP contribution in [0.25, 0.3) is 0 Å². The lowest BCUT2D eigenvalue weighted by Crippen LogP contribution is -2.51. The lowest BCUT2D eigenvalue weighted by molar-refractivity contribution is -0.139. The number of carbonyl (C=O) groups is 2. The van der Waals surface area contributed by atoms with Crippen molar-refractivity contribution in [3.05, 3.63) is 82.9 Å². The van der Waals surface area contributed by atoms with E-state index in [0.717, 1.165) is 9.87 Å². The van der Waals surface area contributed by atoms with E-state index >= 15 is 0 Å². The molecular formula is C31H38ClN3O6S. The predicted octanol–water partition coefficient (Wildman–Crippen LogP) is 5.05. The maximum Gasteiger partial charge on any atom is 0.264 e. The number of ether oxygens (including phenoxy) is 2. The quantitative estimate of drug-likeness (QED) is 0.289. The van der Waals surface area contributed by atoms with Gasteiger partial charge in [0.1, 0.15) is 24.1 Å². The van der Waals surface area contributed by atoms with Crippen molar-refractivity contribution in [1.82, 2.24) is 10.2 Å². The molecule has 0 aromatic heterocycles. The number of hydrogen-bond donors (Lipinski definition) is 1. The number of amides is 2. The molecule has 0 aliphatic heterocycles. The molecule has 42 heavy (non-hydrogen) atoms. The number of halogens is 1. The summed E-state index contributed by atoms with van der Waals surface area (Å²) in [6, 6.07) is 17.1. The van der Waals surface area contributed by atoms with Gasteiger partial charge in [-0.15, -0.1) is 0 Å². The second kappa shape index (κ2) is 14.4. The summed E-state index contributed by atoms with van der Waals surface area (Å²) < 4.78 is 39.5. The minimum atomic E-state index is -4.22. The van der Waals surface area contributed by atoms with Crippen LogP contribution in [-0.2, 0) is 26.2 Å². The van der Waals surface area contributed by atoms with E-state index in [-0.39, 0.29) is 34.0 Å². The first-order chi connectivity index (χ1) is 19.9. The zero-order valence-electron chi connectivity index (χ0n) is 24.8. The number of sulfonamides is 1. The normalized spacial score (nSPS) is 12.0. The minimum Gasteiger partial charge on any atom is -0.497 e. The number of hydrogen-bond acceptors (Lipinski definition) is 6. The third-order valence-electron chi connectivity index (χ3n) is 6.65. The van der Waals surface area contributed by atoms with Crippen molar-refractivity contribution in [2.45, 2.75) is 45.2 Å². The van der Waals surface area contributed by atoms with Crippen LogP contribution < -0.4 is 19.1 Å². The Hall–Kier alpha value is -3.76. The van der Waals surface area contributed by atoms with Gasteiger partial charge in [-0.2, -0.15) is 0 Å². The molecule has 0 saturated carbocycles. The summed E-state index contributed by atoms with van der Waals surface area (Å²) in [5.74, 6) is 0.231. The highest BCUT2D eigenvalue weighted by Gasteiger charge is 2.33. The monoisotopic (exact) mass is 615 g/mol. The lowest BCUT2D eigenvalue weighted by Gasteiger charge is -2.32. The van der Waals surface area contributed by atoms with E-state index in [2.05, 4.69) is 5.32 Å². The maximum atomic E-state index is 14.1. The summed E-state index contributed by atoms with van der Waals surface area (Å²) in [6.07, 6.45) is 0. The molecule has 0 saturated heterocycles. The minimum absolute atomic E-state index is 0.00918. The van der Waals surface area contributed by atoms with Gasteiger partial charge in [-0.3, -0.25) is 13.9 Å². The van der Waals surface area contributed by atoms with Gasteiger partial charge in [-0.1, -0.05) is 55.3 Å². The predicted molar refractivity (Wildman–Crippen MR) is 165 cm³/mol. The highest BCUT2D eigenvalue weighted by Crippen LogP contribution is 2.32. The number of nitrogens with one attached hydrogen (secondary N) is 1. The summed E-state index contributed by atoms with van der Waals surface area (Å²) in [4.78, 5) is 28.6. The van der Waals surface area contributed by atoms with E-state index in [4.69, 9.17) is 21.1 Å². The summed E-state index contributed by atoms with van der Waals surface area (Å²) in [7, 11) is -1.23. The molecule has 0 heterocycles. The Morgan fingerprint density at radius 1 is 0.952 bits per heavy atom. The van der Waals surface area contributed by atoms with Gasteiger partial charge >= 0.3 is 0 Å². The van der Waals surface area contributed by atoms with E-state index in [1.54, 1.807) is 37.3 Å². The Kier molecular flexibility index (Phi) is 11.2. The first kappa shape index (κ1) is 32.8. The van der Waals surface area contributed by atoms with E-state index in [9.17, 15) is 18.0 Å². The number of nitrogens with zero attached hydrogens (tertiary/aromatic N) is 2. The number of aryl methyl sites for hydroxylation is 1.